The molecule has 1 aliphatic carbocycles. The molecule has 2 aliphatic rings. The normalized spacial score (nSPS) is 21.1. The van der Waals surface area contributed by atoms with Gasteiger partial charge in [-0.25, -0.2) is 8.78 Å². The van der Waals surface area contributed by atoms with Gasteiger partial charge in [0.1, 0.15) is 22.9 Å². The summed E-state index contributed by atoms with van der Waals surface area (Å²) < 4.78 is 34.7. The van der Waals surface area contributed by atoms with Crippen molar-refractivity contribution in [2.75, 3.05) is 13.1 Å². The average molecular weight is 505 g/mol. The van der Waals surface area contributed by atoms with Crippen molar-refractivity contribution in [2.24, 2.45) is 5.92 Å². The molecule has 1 aliphatic heterocycles. The Morgan fingerprint density at radius 2 is 1.66 bits per heavy atom. The van der Waals surface area contributed by atoms with Crippen LogP contribution in [0.5, 0.6) is 5.75 Å². The van der Waals surface area contributed by atoms with Crippen LogP contribution in [0.3, 0.4) is 0 Å². The first kappa shape index (κ1) is 25.0. The van der Waals surface area contributed by atoms with Crippen LogP contribution in [0.25, 0.3) is 0 Å². The van der Waals surface area contributed by atoms with Crippen molar-refractivity contribution >= 4 is 29.5 Å². The van der Waals surface area contributed by atoms with E-state index in [1.165, 1.54) is 11.8 Å². The SMILES string of the molecule is O=C(NCCNC(=O)C1Cc2ccccc2S1)c1c(F)cc(OC2CCC(C(=O)O)CC2)cc1F. The van der Waals surface area contributed by atoms with Gasteiger partial charge in [-0.3, -0.25) is 14.4 Å². The van der Waals surface area contributed by atoms with Crippen LogP contribution in [-0.4, -0.2) is 47.3 Å². The maximum Gasteiger partial charge on any atom is 0.306 e. The van der Waals surface area contributed by atoms with Crippen molar-refractivity contribution < 1.29 is 33.0 Å². The van der Waals surface area contributed by atoms with Gasteiger partial charge in [-0.15, -0.1) is 11.8 Å². The lowest BCUT2D eigenvalue weighted by Gasteiger charge is -2.26. The largest absolute Gasteiger partial charge is 0.490 e. The van der Waals surface area contributed by atoms with Crippen LogP contribution in [0.1, 0.15) is 41.6 Å². The number of hydrogen-bond donors (Lipinski definition) is 3. The number of thioether (sulfide) groups is 1. The maximum absolute atomic E-state index is 14.5. The topological polar surface area (TPSA) is 105 Å². The van der Waals surface area contributed by atoms with Crippen molar-refractivity contribution in [1.82, 2.24) is 10.6 Å². The van der Waals surface area contributed by atoms with Gasteiger partial charge in [-0.1, -0.05) is 18.2 Å². The van der Waals surface area contributed by atoms with Gasteiger partial charge in [0.05, 0.1) is 17.3 Å². The first-order chi connectivity index (χ1) is 16.8. The van der Waals surface area contributed by atoms with E-state index in [0.717, 1.165) is 22.6 Å². The molecule has 186 valence electrons. The van der Waals surface area contributed by atoms with Crippen LogP contribution in [0.15, 0.2) is 41.3 Å². The van der Waals surface area contributed by atoms with Crippen LogP contribution in [-0.2, 0) is 16.0 Å². The number of carbonyl (C=O) groups excluding carboxylic acids is 2. The average Bonchev–Trinajstić information content (AvgIpc) is 3.26. The fraction of sp³-hybridized carbons (Fsp3) is 0.400. The lowest BCUT2D eigenvalue weighted by molar-refractivity contribution is -0.143. The van der Waals surface area contributed by atoms with E-state index in [2.05, 4.69) is 10.6 Å². The molecule has 1 unspecified atom stereocenters. The van der Waals surface area contributed by atoms with E-state index >= 15 is 0 Å². The van der Waals surface area contributed by atoms with Gasteiger partial charge >= 0.3 is 5.97 Å². The molecule has 0 saturated heterocycles. The summed E-state index contributed by atoms with van der Waals surface area (Å²) in [5.41, 5.74) is 0.400. The fourth-order valence-corrected chi connectivity index (χ4v) is 5.57. The van der Waals surface area contributed by atoms with Gasteiger partial charge in [0.2, 0.25) is 5.91 Å². The Morgan fingerprint density at radius 1 is 1.00 bits per heavy atom. The number of ether oxygens (including phenoxy) is 1. The molecule has 0 aromatic heterocycles. The summed E-state index contributed by atoms with van der Waals surface area (Å²) in [4.78, 5) is 36.8. The summed E-state index contributed by atoms with van der Waals surface area (Å²) in [5, 5.41) is 14.0. The second-order valence-corrected chi connectivity index (χ2v) is 9.90. The molecule has 1 saturated carbocycles. The zero-order chi connectivity index (χ0) is 24.9. The molecule has 1 fully saturated rings. The predicted octanol–water partition coefficient (Wildman–Crippen LogP) is 3.55. The third-order valence-electron chi connectivity index (χ3n) is 6.22. The number of aliphatic carboxylic acids is 1. The Kier molecular flexibility index (Phi) is 7.90. The molecule has 0 radical (unpaired) electrons. The van der Waals surface area contributed by atoms with Crippen molar-refractivity contribution in [3.63, 3.8) is 0 Å². The van der Waals surface area contributed by atoms with Gasteiger partial charge < -0.3 is 20.5 Å². The summed E-state index contributed by atoms with van der Waals surface area (Å²) >= 11 is 1.49. The Morgan fingerprint density at radius 3 is 2.31 bits per heavy atom. The summed E-state index contributed by atoms with van der Waals surface area (Å²) in [6.07, 6.45) is 2.12. The number of carboxylic acid groups (broad SMARTS) is 1. The molecule has 0 bridgehead atoms. The van der Waals surface area contributed by atoms with E-state index in [4.69, 9.17) is 9.84 Å². The number of halogens is 2. The van der Waals surface area contributed by atoms with E-state index < -0.39 is 35.0 Å². The summed E-state index contributed by atoms with van der Waals surface area (Å²) in [6, 6.07) is 9.72. The Balaban J connectivity index is 1.23. The molecular formula is C25H26F2N2O5S. The molecule has 3 N–H and O–H groups in total. The number of rotatable bonds is 8. The molecule has 4 rings (SSSR count). The standard InChI is InChI=1S/C25H26F2N2O5S/c26-18-12-17(34-16-7-5-14(6-8-16)25(32)33)13-19(27)22(18)24(31)29-10-9-28-23(30)21-11-15-3-1-2-4-20(15)35-21/h1-4,12-14,16,21H,5-11H2,(H,28,30)(H,29,31)(H,32,33). The maximum atomic E-state index is 14.5. The smallest absolute Gasteiger partial charge is 0.306 e. The summed E-state index contributed by atoms with van der Waals surface area (Å²) in [6.45, 7) is 0.139. The minimum absolute atomic E-state index is 0.0128. The molecule has 2 aromatic carbocycles. The zero-order valence-electron chi connectivity index (χ0n) is 18.9. The van der Waals surface area contributed by atoms with E-state index in [1.54, 1.807) is 0 Å². The van der Waals surface area contributed by atoms with Crippen molar-refractivity contribution in [1.29, 1.82) is 0 Å². The molecule has 0 spiro atoms. The third-order valence-corrected chi connectivity index (χ3v) is 7.54. The molecule has 2 aromatic rings. The van der Waals surface area contributed by atoms with Gasteiger partial charge in [-0.2, -0.15) is 0 Å². The lowest BCUT2D eigenvalue weighted by atomic mass is 9.87. The highest BCUT2D eigenvalue weighted by Gasteiger charge is 2.29. The van der Waals surface area contributed by atoms with E-state index in [-0.39, 0.29) is 36.1 Å². The zero-order valence-corrected chi connectivity index (χ0v) is 19.7. The predicted molar refractivity (Wildman–Crippen MR) is 126 cm³/mol. The van der Waals surface area contributed by atoms with Crippen LogP contribution in [0, 0.1) is 17.6 Å². The van der Waals surface area contributed by atoms with Crippen LogP contribution in [0.4, 0.5) is 8.78 Å². The first-order valence-electron chi connectivity index (χ1n) is 11.5. The first-order valence-corrected chi connectivity index (χ1v) is 12.4. The van der Waals surface area contributed by atoms with Gasteiger partial charge in [0.25, 0.3) is 5.91 Å². The molecule has 7 nitrogen and oxygen atoms in total. The van der Waals surface area contributed by atoms with E-state index in [1.807, 2.05) is 24.3 Å². The molecule has 1 atom stereocenters. The third kappa shape index (κ3) is 6.11. The number of benzene rings is 2. The lowest BCUT2D eigenvalue weighted by Crippen LogP contribution is -2.39. The highest BCUT2D eigenvalue weighted by molar-refractivity contribution is 8.01. The summed E-state index contributed by atoms with van der Waals surface area (Å²) in [5.74, 6) is -4.51. The van der Waals surface area contributed by atoms with Crippen molar-refractivity contribution in [3.8, 4) is 5.75 Å². The quantitative estimate of drug-likeness (QED) is 0.475. The van der Waals surface area contributed by atoms with E-state index in [9.17, 15) is 23.2 Å². The van der Waals surface area contributed by atoms with Gasteiger partial charge in [-0.05, 0) is 43.7 Å². The Labute approximate surface area is 205 Å². The number of carbonyl (C=O) groups is 3. The molecule has 10 heteroatoms. The molecular weight excluding hydrogens is 478 g/mol. The summed E-state index contributed by atoms with van der Waals surface area (Å²) in [7, 11) is 0. The minimum atomic E-state index is -1.05. The highest BCUT2D eigenvalue weighted by atomic mass is 32.2. The van der Waals surface area contributed by atoms with Crippen LogP contribution in [0.2, 0.25) is 0 Å². The monoisotopic (exact) mass is 504 g/mol. The molecule has 2 amide bonds. The second kappa shape index (κ2) is 11.1. The van der Waals surface area contributed by atoms with Gasteiger partial charge in [0, 0.05) is 30.1 Å². The Hall–Kier alpha value is -3.14. The number of hydrogen-bond acceptors (Lipinski definition) is 5. The second-order valence-electron chi connectivity index (χ2n) is 8.66. The molecule has 35 heavy (non-hydrogen) atoms. The minimum Gasteiger partial charge on any atom is -0.490 e. The van der Waals surface area contributed by atoms with Crippen LogP contribution < -0.4 is 15.4 Å². The number of nitrogens with one attached hydrogen (secondary N) is 2. The molecule has 1 heterocycles. The van der Waals surface area contributed by atoms with Crippen molar-refractivity contribution in [3.05, 3.63) is 59.2 Å². The van der Waals surface area contributed by atoms with Gasteiger partial charge in [0.15, 0.2) is 0 Å². The van der Waals surface area contributed by atoms with Crippen molar-refractivity contribution in [2.45, 2.75) is 48.4 Å². The number of carboxylic acids is 1. The fourth-order valence-electron chi connectivity index (χ4n) is 4.35. The Bertz CT molecular complexity index is 1070. The van der Waals surface area contributed by atoms with Crippen LogP contribution >= 0.6 is 11.8 Å². The number of amides is 2. The highest BCUT2D eigenvalue weighted by Crippen LogP contribution is 2.36. The number of fused-ring (bicyclic) bond motifs is 1. The van der Waals surface area contributed by atoms with E-state index in [0.29, 0.717) is 32.1 Å².